The molecule has 0 unspecified atom stereocenters. The summed E-state index contributed by atoms with van der Waals surface area (Å²) in [5, 5.41) is 0. The van der Waals surface area contributed by atoms with Crippen molar-refractivity contribution in [3.63, 3.8) is 0 Å². The van der Waals surface area contributed by atoms with Gasteiger partial charge in [-0.2, -0.15) is 0 Å². The van der Waals surface area contributed by atoms with Crippen LogP contribution in [0.25, 0.3) is 17.0 Å². The third-order valence-electron chi connectivity index (χ3n) is 7.17. The van der Waals surface area contributed by atoms with E-state index in [1.54, 1.807) is 6.08 Å². The molecule has 0 fully saturated rings. The summed E-state index contributed by atoms with van der Waals surface area (Å²) in [6, 6.07) is 19.8. The van der Waals surface area contributed by atoms with E-state index in [0.717, 1.165) is 57.6 Å². The standard InChI is InChI=1S/C31H32BF2N2O2/c1-5-22-24(7-3)30(35-28(22)20-15-11-9-12-16-20)26-19-27(38-32(33,34)37-26)31-25(8-4)23(6-2)29(36-31)21-17-13-10-14-18-21/h9-19,35H,5-8H2,1-4H3/q-1/b31-27+. The maximum absolute atomic E-state index is 15.1. The second-order valence-electron chi connectivity index (χ2n) is 9.39. The molecule has 196 valence electrons. The van der Waals surface area contributed by atoms with Crippen LogP contribution in [0.5, 0.6) is 0 Å². The molecule has 4 nitrogen and oxygen atoms in total. The molecule has 2 aliphatic rings. The quantitative estimate of drug-likeness (QED) is 0.323. The van der Waals surface area contributed by atoms with E-state index in [1.165, 1.54) is 0 Å². The Morgan fingerprint density at radius 2 is 1.29 bits per heavy atom. The molecule has 0 atom stereocenters. The molecule has 0 amide bonds. The molecule has 5 rings (SSSR count). The van der Waals surface area contributed by atoms with E-state index < -0.39 is 7.11 Å². The Kier molecular flexibility index (Phi) is 7.11. The summed E-state index contributed by atoms with van der Waals surface area (Å²) in [4.78, 5) is 8.30. The normalized spacial score (nSPS) is 18.7. The predicted molar refractivity (Wildman–Crippen MR) is 151 cm³/mol. The van der Waals surface area contributed by atoms with Gasteiger partial charge in [0.15, 0.2) is 0 Å². The molecule has 2 aromatic carbocycles. The second kappa shape index (κ2) is 10.5. The number of aromatic amines is 1. The summed E-state index contributed by atoms with van der Waals surface area (Å²) in [5.41, 5.74) is 8.75. The third-order valence-corrected chi connectivity index (χ3v) is 7.17. The van der Waals surface area contributed by atoms with Crippen LogP contribution >= 0.6 is 0 Å². The van der Waals surface area contributed by atoms with E-state index >= 15 is 8.63 Å². The zero-order chi connectivity index (χ0) is 26.9. The Morgan fingerprint density at radius 1 is 0.711 bits per heavy atom. The Labute approximate surface area is 222 Å². The SMILES string of the molecule is CCC1=C(CC)/C(=C2/C=C(c3[nH]c(-c4ccccc4)c(CC)c3CC)O[B-](F)(F)O2)N=C1c1ccccc1. The van der Waals surface area contributed by atoms with Crippen molar-refractivity contribution in [2.45, 2.75) is 53.4 Å². The lowest BCUT2D eigenvalue weighted by Gasteiger charge is -2.35. The van der Waals surface area contributed by atoms with Gasteiger partial charge in [-0.1, -0.05) is 88.4 Å². The van der Waals surface area contributed by atoms with Crippen molar-refractivity contribution in [2.75, 3.05) is 0 Å². The van der Waals surface area contributed by atoms with Crippen molar-refractivity contribution < 1.29 is 17.9 Å². The number of hydrogen-bond donors (Lipinski definition) is 1. The van der Waals surface area contributed by atoms with Crippen LogP contribution in [0, 0.1) is 0 Å². The molecular weight excluding hydrogens is 481 g/mol. The molecular formula is C31H32BF2N2O2-. The highest BCUT2D eigenvalue weighted by Crippen LogP contribution is 2.42. The number of aromatic nitrogens is 1. The van der Waals surface area contributed by atoms with Gasteiger partial charge >= 0.3 is 7.11 Å². The molecule has 0 bridgehead atoms. The van der Waals surface area contributed by atoms with Crippen molar-refractivity contribution in [3.8, 4) is 11.3 Å². The Morgan fingerprint density at radius 3 is 1.87 bits per heavy atom. The van der Waals surface area contributed by atoms with Crippen LogP contribution in [0.1, 0.15) is 62.9 Å². The van der Waals surface area contributed by atoms with Crippen LogP contribution in [0.3, 0.4) is 0 Å². The topological polar surface area (TPSA) is 46.6 Å². The molecule has 0 radical (unpaired) electrons. The minimum Gasteiger partial charge on any atom is -0.626 e. The van der Waals surface area contributed by atoms with Gasteiger partial charge < -0.3 is 22.9 Å². The molecule has 7 heteroatoms. The maximum Gasteiger partial charge on any atom is 0.726 e. The largest absolute Gasteiger partial charge is 0.726 e. The van der Waals surface area contributed by atoms with Crippen molar-refractivity contribution >= 4 is 18.6 Å². The molecule has 2 aliphatic heterocycles. The van der Waals surface area contributed by atoms with Crippen molar-refractivity contribution in [1.82, 2.24) is 4.98 Å². The minimum absolute atomic E-state index is 0.0425. The van der Waals surface area contributed by atoms with E-state index in [4.69, 9.17) is 14.3 Å². The Hall–Kier alpha value is -3.87. The van der Waals surface area contributed by atoms with E-state index in [2.05, 4.69) is 18.8 Å². The molecule has 0 spiro atoms. The average Bonchev–Trinajstić information content (AvgIpc) is 3.51. The van der Waals surface area contributed by atoms with Crippen LogP contribution in [-0.2, 0) is 22.2 Å². The van der Waals surface area contributed by atoms with Gasteiger partial charge in [0, 0.05) is 17.3 Å². The number of rotatable bonds is 7. The number of benzene rings is 2. The predicted octanol–water partition coefficient (Wildman–Crippen LogP) is 8.40. The number of aliphatic imine (C=N–C) groups is 1. The lowest BCUT2D eigenvalue weighted by Crippen LogP contribution is -2.34. The van der Waals surface area contributed by atoms with Gasteiger partial charge in [0.05, 0.1) is 11.4 Å². The monoisotopic (exact) mass is 513 g/mol. The Balaban J connectivity index is 1.70. The Bertz CT molecular complexity index is 1470. The summed E-state index contributed by atoms with van der Waals surface area (Å²) >= 11 is 0. The summed E-state index contributed by atoms with van der Waals surface area (Å²) in [7, 11) is -4.59. The van der Waals surface area contributed by atoms with E-state index in [0.29, 0.717) is 24.2 Å². The van der Waals surface area contributed by atoms with E-state index in [1.807, 2.05) is 74.5 Å². The molecule has 0 saturated carbocycles. The first-order valence-electron chi connectivity index (χ1n) is 13.4. The zero-order valence-corrected chi connectivity index (χ0v) is 22.3. The first-order valence-corrected chi connectivity index (χ1v) is 13.4. The first-order chi connectivity index (χ1) is 18.4. The number of H-pyrrole nitrogens is 1. The smallest absolute Gasteiger partial charge is 0.626 e. The van der Waals surface area contributed by atoms with Crippen LogP contribution in [0.15, 0.2) is 94.3 Å². The van der Waals surface area contributed by atoms with Crippen molar-refractivity contribution in [3.05, 3.63) is 112 Å². The third kappa shape index (κ3) is 4.62. The van der Waals surface area contributed by atoms with Crippen LogP contribution in [-0.4, -0.2) is 17.8 Å². The minimum atomic E-state index is -4.59. The number of halogens is 2. The number of nitrogens with one attached hydrogen (secondary N) is 1. The van der Waals surface area contributed by atoms with Crippen LogP contribution in [0.2, 0.25) is 0 Å². The number of nitrogens with zero attached hydrogens (tertiary/aromatic N) is 1. The van der Waals surface area contributed by atoms with Crippen molar-refractivity contribution in [2.24, 2.45) is 4.99 Å². The maximum atomic E-state index is 15.1. The zero-order valence-electron chi connectivity index (χ0n) is 22.3. The number of allylic oxidation sites excluding steroid dienone is 3. The molecule has 3 aromatic rings. The van der Waals surface area contributed by atoms with Gasteiger partial charge in [0.25, 0.3) is 0 Å². The van der Waals surface area contributed by atoms with Gasteiger partial charge in [-0.25, -0.2) is 4.99 Å². The van der Waals surface area contributed by atoms with Crippen LogP contribution < -0.4 is 0 Å². The molecule has 0 aliphatic carbocycles. The molecule has 38 heavy (non-hydrogen) atoms. The highest BCUT2D eigenvalue weighted by Gasteiger charge is 2.41. The van der Waals surface area contributed by atoms with Gasteiger partial charge in [0.1, 0.15) is 17.2 Å². The fourth-order valence-electron chi connectivity index (χ4n) is 5.51. The van der Waals surface area contributed by atoms with E-state index in [-0.39, 0.29) is 11.5 Å². The highest BCUT2D eigenvalue weighted by molar-refractivity contribution is 6.53. The molecule has 1 aromatic heterocycles. The first kappa shape index (κ1) is 25.8. The highest BCUT2D eigenvalue weighted by atomic mass is 19.3. The number of hydrogen-bond acceptors (Lipinski definition) is 3. The second-order valence-corrected chi connectivity index (χ2v) is 9.39. The lowest BCUT2D eigenvalue weighted by molar-refractivity contribution is 0.171. The van der Waals surface area contributed by atoms with Crippen molar-refractivity contribution in [1.29, 1.82) is 0 Å². The van der Waals surface area contributed by atoms with Crippen LogP contribution in [0.4, 0.5) is 8.63 Å². The summed E-state index contributed by atoms with van der Waals surface area (Å²) in [6.45, 7) is 8.18. The van der Waals surface area contributed by atoms with Gasteiger partial charge in [-0.3, -0.25) is 0 Å². The van der Waals surface area contributed by atoms with E-state index in [9.17, 15) is 0 Å². The summed E-state index contributed by atoms with van der Waals surface area (Å²) in [5.74, 6) is 0.121. The fraction of sp³-hybridized carbons (Fsp3) is 0.258. The molecule has 1 N–H and O–H groups in total. The lowest BCUT2D eigenvalue weighted by atomic mass is 9.95. The van der Waals surface area contributed by atoms with Gasteiger partial charge in [-0.05, 0) is 53.5 Å². The fourth-order valence-corrected chi connectivity index (χ4v) is 5.51. The summed E-state index contributed by atoms with van der Waals surface area (Å²) in [6.07, 6.45) is 4.39. The molecule has 0 saturated heterocycles. The molecule has 3 heterocycles. The van der Waals surface area contributed by atoms with Gasteiger partial charge in [0.2, 0.25) is 0 Å². The van der Waals surface area contributed by atoms with Gasteiger partial charge in [-0.15, -0.1) is 0 Å². The summed E-state index contributed by atoms with van der Waals surface area (Å²) < 4.78 is 40.6. The average molecular weight is 513 g/mol.